The van der Waals surface area contributed by atoms with E-state index in [0.29, 0.717) is 26.2 Å². The second-order valence-electron chi connectivity index (χ2n) is 7.05. The van der Waals surface area contributed by atoms with Crippen molar-refractivity contribution < 1.29 is 19.1 Å². The van der Waals surface area contributed by atoms with Gasteiger partial charge in [-0.25, -0.2) is 9.59 Å². The molecular formula is C15H31N5O4. The van der Waals surface area contributed by atoms with Gasteiger partial charge in [0.15, 0.2) is 5.96 Å². The molecule has 0 saturated heterocycles. The number of carbonyl (C=O) groups is 2. The summed E-state index contributed by atoms with van der Waals surface area (Å²) in [6.07, 6.45) is -0.979. The van der Waals surface area contributed by atoms with Gasteiger partial charge in [-0.3, -0.25) is 4.99 Å². The Morgan fingerprint density at radius 3 is 1.71 bits per heavy atom. The highest BCUT2D eigenvalue weighted by Crippen LogP contribution is 2.06. The molecule has 0 saturated carbocycles. The number of hydrogen-bond acceptors (Lipinski definition) is 5. The standard InChI is InChI=1S/C15H31N5O4/c1-14(2,3)23-12(21)19-9-7-17-11(16)18-8-10-20-13(22)24-15(4,5)6/h7-10H2,1-6H3,(H,19,21)(H,20,22)(H3,16,17,18). The Hall–Kier alpha value is -2.19. The molecule has 0 unspecified atom stereocenters. The van der Waals surface area contributed by atoms with E-state index in [1.54, 1.807) is 41.5 Å². The number of amides is 2. The molecule has 0 bridgehead atoms. The van der Waals surface area contributed by atoms with Crippen LogP contribution in [-0.2, 0) is 9.47 Å². The van der Waals surface area contributed by atoms with Gasteiger partial charge < -0.3 is 31.2 Å². The van der Waals surface area contributed by atoms with Crippen LogP contribution in [0.2, 0.25) is 0 Å². The largest absolute Gasteiger partial charge is 0.444 e. The molecule has 0 aromatic rings. The summed E-state index contributed by atoms with van der Waals surface area (Å²) in [5, 5.41) is 8.00. The van der Waals surface area contributed by atoms with Crippen LogP contribution < -0.4 is 21.7 Å². The minimum absolute atomic E-state index is 0.229. The summed E-state index contributed by atoms with van der Waals surface area (Å²) in [4.78, 5) is 26.8. The summed E-state index contributed by atoms with van der Waals surface area (Å²) in [5.74, 6) is 0.229. The van der Waals surface area contributed by atoms with Gasteiger partial charge in [-0.2, -0.15) is 0 Å². The minimum atomic E-state index is -0.533. The molecule has 140 valence electrons. The van der Waals surface area contributed by atoms with Gasteiger partial charge in [0.2, 0.25) is 0 Å². The number of alkyl carbamates (subject to hydrolysis) is 2. The molecule has 0 aliphatic heterocycles. The summed E-state index contributed by atoms with van der Waals surface area (Å²) in [7, 11) is 0. The maximum absolute atomic E-state index is 11.4. The summed E-state index contributed by atoms with van der Waals surface area (Å²) in [5.41, 5.74) is 4.60. The Kier molecular flexibility index (Phi) is 8.94. The van der Waals surface area contributed by atoms with Gasteiger partial charge in [-0.05, 0) is 41.5 Å². The van der Waals surface area contributed by atoms with Gasteiger partial charge in [0.05, 0.1) is 6.54 Å². The van der Waals surface area contributed by atoms with Crippen LogP contribution in [-0.4, -0.2) is 55.5 Å². The topological polar surface area (TPSA) is 127 Å². The number of guanidine groups is 1. The van der Waals surface area contributed by atoms with E-state index >= 15 is 0 Å². The molecule has 9 heteroatoms. The molecule has 0 radical (unpaired) electrons. The van der Waals surface area contributed by atoms with E-state index in [-0.39, 0.29) is 5.96 Å². The average molecular weight is 345 g/mol. The number of rotatable bonds is 6. The van der Waals surface area contributed by atoms with Crippen molar-refractivity contribution in [3.8, 4) is 0 Å². The third-order valence-corrected chi connectivity index (χ3v) is 2.16. The second-order valence-corrected chi connectivity index (χ2v) is 7.05. The SMILES string of the molecule is CC(C)(C)OC(=O)NCCN=C(N)NCCNC(=O)OC(C)(C)C. The summed E-state index contributed by atoms with van der Waals surface area (Å²) < 4.78 is 10.2. The number of nitrogens with two attached hydrogens (primary N) is 1. The molecular weight excluding hydrogens is 314 g/mol. The number of nitrogens with one attached hydrogen (secondary N) is 3. The molecule has 0 rings (SSSR count). The van der Waals surface area contributed by atoms with Crippen LogP contribution in [0.15, 0.2) is 4.99 Å². The van der Waals surface area contributed by atoms with Crippen LogP contribution in [0, 0.1) is 0 Å². The number of carbonyl (C=O) groups excluding carboxylic acids is 2. The molecule has 0 atom stereocenters. The van der Waals surface area contributed by atoms with Crippen molar-refractivity contribution in [2.45, 2.75) is 52.7 Å². The first-order valence-corrected chi connectivity index (χ1v) is 7.86. The molecule has 9 nitrogen and oxygen atoms in total. The molecule has 0 aromatic carbocycles. The van der Waals surface area contributed by atoms with Crippen molar-refractivity contribution in [1.29, 1.82) is 0 Å². The van der Waals surface area contributed by atoms with Crippen LogP contribution in [0.3, 0.4) is 0 Å². The van der Waals surface area contributed by atoms with E-state index in [1.165, 1.54) is 0 Å². The zero-order valence-corrected chi connectivity index (χ0v) is 15.5. The van der Waals surface area contributed by atoms with E-state index in [0.717, 1.165) is 0 Å². The molecule has 2 amide bonds. The first kappa shape index (κ1) is 21.8. The summed E-state index contributed by atoms with van der Waals surface area (Å²) >= 11 is 0. The van der Waals surface area contributed by atoms with Crippen LogP contribution in [0.25, 0.3) is 0 Å². The Morgan fingerprint density at radius 1 is 0.833 bits per heavy atom. The predicted molar refractivity (Wildman–Crippen MR) is 93.0 cm³/mol. The molecule has 24 heavy (non-hydrogen) atoms. The number of aliphatic imine (C=N–C) groups is 1. The van der Waals surface area contributed by atoms with Gasteiger partial charge in [0.1, 0.15) is 11.2 Å². The zero-order chi connectivity index (χ0) is 18.8. The fourth-order valence-corrected chi connectivity index (χ4v) is 1.37. The minimum Gasteiger partial charge on any atom is -0.444 e. The van der Waals surface area contributed by atoms with E-state index in [9.17, 15) is 9.59 Å². The van der Waals surface area contributed by atoms with Crippen LogP contribution >= 0.6 is 0 Å². The molecule has 0 heterocycles. The van der Waals surface area contributed by atoms with Crippen molar-refractivity contribution in [3.63, 3.8) is 0 Å². The first-order chi connectivity index (χ1) is 10.9. The highest BCUT2D eigenvalue weighted by molar-refractivity contribution is 5.78. The van der Waals surface area contributed by atoms with Crippen molar-refractivity contribution in [1.82, 2.24) is 16.0 Å². The number of ether oxygens (including phenoxy) is 2. The second kappa shape index (κ2) is 9.84. The average Bonchev–Trinajstić information content (AvgIpc) is 2.35. The van der Waals surface area contributed by atoms with Gasteiger partial charge in [-0.1, -0.05) is 0 Å². The Bertz CT molecular complexity index is 438. The third kappa shape index (κ3) is 14.7. The van der Waals surface area contributed by atoms with E-state index in [2.05, 4.69) is 20.9 Å². The lowest BCUT2D eigenvalue weighted by molar-refractivity contribution is 0.0518. The monoisotopic (exact) mass is 345 g/mol. The van der Waals surface area contributed by atoms with Gasteiger partial charge in [0.25, 0.3) is 0 Å². The van der Waals surface area contributed by atoms with Crippen LogP contribution in [0.4, 0.5) is 9.59 Å². The fraction of sp³-hybridized carbons (Fsp3) is 0.800. The maximum Gasteiger partial charge on any atom is 0.407 e. The van der Waals surface area contributed by atoms with Crippen LogP contribution in [0.5, 0.6) is 0 Å². The molecule has 0 aliphatic rings. The van der Waals surface area contributed by atoms with Crippen molar-refractivity contribution >= 4 is 18.1 Å². The quantitative estimate of drug-likeness (QED) is 0.322. The molecule has 0 aliphatic carbocycles. The molecule has 0 fully saturated rings. The first-order valence-electron chi connectivity index (χ1n) is 7.86. The number of nitrogens with zero attached hydrogens (tertiary/aromatic N) is 1. The van der Waals surface area contributed by atoms with Gasteiger partial charge in [-0.15, -0.1) is 0 Å². The Balaban J connectivity index is 3.78. The lowest BCUT2D eigenvalue weighted by Crippen LogP contribution is -2.40. The van der Waals surface area contributed by atoms with E-state index in [4.69, 9.17) is 15.2 Å². The Labute approximate surface area is 143 Å². The normalized spacial score (nSPS) is 12.3. The van der Waals surface area contributed by atoms with Crippen molar-refractivity contribution in [3.05, 3.63) is 0 Å². The smallest absolute Gasteiger partial charge is 0.407 e. The summed E-state index contributed by atoms with van der Waals surface area (Å²) in [6.45, 7) is 12.1. The van der Waals surface area contributed by atoms with E-state index in [1.807, 2.05) is 0 Å². The molecule has 0 spiro atoms. The Morgan fingerprint density at radius 2 is 1.25 bits per heavy atom. The highest BCUT2D eigenvalue weighted by Gasteiger charge is 2.16. The lowest BCUT2D eigenvalue weighted by Gasteiger charge is -2.19. The molecule has 0 aromatic heterocycles. The van der Waals surface area contributed by atoms with Gasteiger partial charge >= 0.3 is 12.2 Å². The van der Waals surface area contributed by atoms with Crippen LogP contribution in [0.1, 0.15) is 41.5 Å². The molecule has 5 N–H and O–H groups in total. The third-order valence-electron chi connectivity index (χ3n) is 2.16. The predicted octanol–water partition coefficient (Wildman–Crippen LogP) is 0.940. The summed E-state index contributed by atoms with van der Waals surface area (Å²) in [6, 6.07) is 0. The lowest BCUT2D eigenvalue weighted by atomic mass is 10.2. The van der Waals surface area contributed by atoms with Crippen molar-refractivity contribution in [2.24, 2.45) is 10.7 Å². The highest BCUT2D eigenvalue weighted by atomic mass is 16.6. The maximum atomic E-state index is 11.4. The van der Waals surface area contributed by atoms with E-state index < -0.39 is 23.4 Å². The van der Waals surface area contributed by atoms with Crippen molar-refractivity contribution in [2.75, 3.05) is 26.2 Å². The van der Waals surface area contributed by atoms with Gasteiger partial charge in [0, 0.05) is 19.6 Å². The zero-order valence-electron chi connectivity index (χ0n) is 15.5. The number of hydrogen-bond donors (Lipinski definition) is 4. The fourth-order valence-electron chi connectivity index (χ4n) is 1.37.